The van der Waals surface area contributed by atoms with Gasteiger partial charge in [-0.1, -0.05) is 29.8 Å². The van der Waals surface area contributed by atoms with Crippen molar-refractivity contribution < 1.29 is 4.39 Å². The van der Waals surface area contributed by atoms with E-state index in [9.17, 15) is 4.39 Å². The second-order valence-electron chi connectivity index (χ2n) is 8.54. The number of anilines is 1. The van der Waals surface area contributed by atoms with Gasteiger partial charge in [-0.2, -0.15) is 0 Å². The summed E-state index contributed by atoms with van der Waals surface area (Å²) in [7, 11) is 0. The molecule has 1 saturated heterocycles. The summed E-state index contributed by atoms with van der Waals surface area (Å²) in [6.45, 7) is 5.93. The van der Waals surface area contributed by atoms with Crippen LogP contribution in [0.1, 0.15) is 40.3 Å². The molecule has 1 aliphatic rings. The number of aryl methyl sites for hydroxylation is 2. The van der Waals surface area contributed by atoms with Crippen LogP contribution >= 0.6 is 23.8 Å². The highest BCUT2D eigenvalue weighted by Crippen LogP contribution is 2.44. The summed E-state index contributed by atoms with van der Waals surface area (Å²) in [6.07, 6.45) is 1.79. The van der Waals surface area contributed by atoms with E-state index < -0.39 is 0 Å². The van der Waals surface area contributed by atoms with Gasteiger partial charge in [-0.15, -0.1) is 0 Å². The van der Waals surface area contributed by atoms with Crippen LogP contribution in [0.4, 0.5) is 10.1 Å². The zero-order valence-corrected chi connectivity index (χ0v) is 20.7. The third kappa shape index (κ3) is 3.77. The second-order valence-corrected chi connectivity index (χ2v) is 9.34. The van der Waals surface area contributed by atoms with Crippen LogP contribution in [0, 0.1) is 26.6 Å². The minimum atomic E-state index is -0.239. The Labute approximate surface area is 209 Å². The van der Waals surface area contributed by atoms with Crippen molar-refractivity contribution in [3.05, 3.63) is 112 Å². The van der Waals surface area contributed by atoms with Crippen LogP contribution in [0.3, 0.4) is 0 Å². The minimum absolute atomic E-state index is 0.181. The number of aromatic nitrogens is 2. The Bertz CT molecular complexity index is 1380. The Morgan fingerprint density at radius 2 is 1.76 bits per heavy atom. The number of hydrogen-bond donors (Lipinski definition) is 1. The van der Waals surface area contributed by atoms with E-state index in [-0.39, 0.29) is 17.9 Å². The van der Waals surface area contributed by atoms with Gasteiger partial charge in [-0.3, -0.25) is 4.98 Å². The highest BCUT2D eigenvalue weighted by molar-refractivity contribution is 7.80. The highest BCUT2D eigenvalue weighted by Gasteiger charge is 2.42. The molecule has 2 unspecified atom stereocenters. The Morgan fingerprint density at radius 1 is 1.00 bits per heavy atom. The summed E-state index contributed by atoms with van der Waals surface area (Å²) in [5.41, 5.74) is 6.45. The molecule has 1 N–H and O–H groups in total. The third-order valence-corrected chi connectivity index (χ3v) is 7.03. The molecule has 4 aromatic rings. The van der Waals surface area contributed by atoms with Gasteiger partial charge in [0.2, 0.25) is 0 Å². The van der Waals surface area contributed by atoms with E-state index in [4.69, 9.17) is 23.8 Å². The maximum atomic E-state index is 14.1. The van der Waals surface area contributed by atoms with Crippen molar-refractivity contribution in [1.82, 2.24) is 14.9 Å². The van der Waals surface area contributed by atoms with E-state index in [1.165, 1.54) is 6.07 Å². The molecule has 0 amide bonds. The van der Waals surface area contributed by atoms with E-state index in [0.29, 0.717) is 15.7 Å². The molecule has 0 saturated carbocycles. The summed E-state index contributed by atoms with van der Waals surface area (Å²) < 4.78 is 16.3. The number of nitrogens with one attached hydrogen (secondary N) is 1. The molecule has 2 atom stereocenters. The van der Waals surface area contributed by atoms with Crippen LogP contribution in [0.5, 0.6) is 0 Å². The van der Waals surface area contributed by atoms with Gasteiger partial charge < -0.3 is 14.8 Å². The van der Waals surface area contributed by atoms with Crippen molar-refractivity contribution >= 4 is 34.6 Å². The third-order valence-electron chi connectivity index (χ3n) is 6.40. The van der Waals surface area contributed by atoms with Crippen LogP contribution in [-0.4, -0.2) is 14.7 Å². The monoisotopic (exact) mass is 490 g/mol. The topological polar surface area (TPSA) is 33.1 Å². The molecule has 34 heavy (non-hydrogen) atoms. The van der Waals surface area contributed by atoms with Crippen LogP contribution in [0.2, 0.25) is 5.02 Å². The lowest BCUT2D eigenvalue weighted by molar-refractivity contribution is 0.564. The quantitative estimate of drug-likeness (QED) is 0.320. The first-order valence-corrected chi connectivity index (χ1v) is 11.9. The SMILES string of the molecule is Cc1cc(N2C(=S)NC(c3ccccn3)C2c2cc(C)n(-c3ccccc3Cl)c2C)ccc1F. The van der Waals surface area contributed by atoms with Crippen LogP contribution in [-0.2, 0) is 0 Å². The number of nitrogens with zero attached hydrogens (tertiary/aromatic N) is 3. The number of hydrogen-bond acceptors (Lipinski definition) is 2. The fourth-order valence-corrected chi connectivity index (χ4v) is 5.38. The van der Waals surface area contributed by atoms with E-state index in [2.05, 4.69) is 39.7 Å². The van der Waals surface area contributed by atoms with E-state index in [0.717, 1.165) is 34.0 Å². The fourth-order valence-electron chi connectivity index (χ4n) is 4.82. The van der Waals surface area contributed by atoms with Gasteiger partial charge in [0.15, 0.2) is 5.11 Å². The summed E-state index contributed by atoms with van der Waals surface area (Å²) in [5, 5.41) is 4.74. The molecule has 0 radical (unpaired) electrons. The average molecular weight is 491 g/mol. The predicted octanol–water partition coefficient (Wildman–Crippen LogP) is 6.77. The van der Waals surface area contributed by atoms with E-state index in [1.54, 1.807) is 19.2 Å². The van der Waals surface area contributed by atoms with Crippen molar-refractivity contribution in [2.45, 2.75) is 32.9 Å². The molecule has 0 spiro atoms. The molecule has 7 heteroatoms. The van der Waals surface area contributed by atoms with Crippen molar-refractivity contribution in [2.75, 3.05) is 4.90 Å². The number of para-hydroxylation sites is 1. The molecule has 4 nitrogen and oxygen atoms in total. The number of halogens is 2. The first-order valence-electron chi connectivity index (χ1n) is 11.1. The van der Waals surface area contributed by atoms with Crippen molar-refractivity contribution in [2.24, 2.45) is 0 Å². The molecule has 2 aromatic heterocycles. The van der Waals surface area contributed by atoms with Crippen LogP contribution < -0.4 is 10.2 Å². The molecule has 0 bridgehead atoms. The predicted molar refractivity (Wildman–Crippen MR) is 139 cm³/mol. The summed E-state index contributed by atoms with van der Waals surface area (Å²) in [5.74, 6) is -0.239. The normalized spacial score (nSPS) is 17.8. The van der Waals surface area contributed by atoms with Gasteiger partial charge in [-0.05, 0) is 92.6 Å². The Morgan fingerprint density at radius 3 is 2.47 bits per heavy atom. The molecular weight excluding hydrogens is 467 g/mol. The molecule has 0 aliphatic carbocycles. The summed E-state index contributed by atoms with van der Waals surface area (Å²) in [4.78, 5) is 6.69. The molecule has 5 rings (SSSR count). The zero-order valence-electron chi connectivity index (χ0n) is 19.1. The lowest BCUT2D eigenvalue weighted by atomic mass is 9.96. The summed E-state index contributed by atoms with van der Waals surface area (Å²) >= 11 is 12.4. The minimum Gasteiger partial charge on any atom is -0.351 e. The number of pyridine rings is 1. The summed E-state index contributed by atoms with van der Waals surface area (Å²) in [6, 6.07) is 20.6. The molecule has 1 fully saturated rings. The number of benzene rings is 2. The standard InChI is InChI=1S/C27H24ClFN4S/c1-16-14-19(11-12-22(16)29)33-26(25(31-27(33)34)23-9-6-7-13-30-23)20-15-17(2)32(18(20)3)24-10-5-4-8-21(24)28/h4-15,25-26H,1-3H3,(H,31,34). The van der Waals surface area contributed by atoms with Gasteiger partial charge in [0, 0.05) is 23.3 Å². The fraction of sp³-hybridized carbons (Fsp3) is 0.185. The van der Waals surface area contributed by atoms with Gasteiger partial charge in [-0.25, -0.2) is 4.39 Å². The largest absolute Gasteiger partial charge is 0.351 e. The van der Waals surface area contributed by atoms with E-state index in [1.807, 2.05) is 48.5 Å². The number of rotatable bonds is 4. The first-order chi connectivity index (χ1) is 16.4. The maximum absolute atomic E-state index is 14.1. The molecule has 172 valence electrons. The Balaban J connectivity index is 1.70. The molecular formula is C27H24ClFN4S. The molecule has 1 aliphatic heterocycles. The smallest absolute Gasteiger partial charge is 0.174 e. The van der Waals surface area contributed by atoms with Crippen LogP contribution in [0.15, 0.2) is 72.9 Å². The zero-order chi connectivity index (χ0) is 24.0. The molecule has 2 aromatic carbocycles. The van der Waals surface area contributed by atoms with Crippen molar-refractivity contribution in [3.8, 4) is 5.69 Å². The molecule has 3 heterocycles. The van der Waals surface area contributed by atoms with Crippen molar-refractivity contribution in [1.29, 1.82) is 0 Å². The average Bonchev–Trinajstić information content (AvgIpc) is 3.32. The second kappa shape index (κ2) is 8.85. The Kier molecular flexibility index (Phi) is 5.88. The van der Waals surface area contributed by atoms with Gasteiger partial charge in [0.25, 0.3) is 0 Å². The van der Waals surface area contributed by atoms with Crippen molar-refractivity contribution in [3.63, 3.8) is 0 Å². The first kappa shape index (κ1) is 22.6. The van der Waals surface area contributed by atoms with Gasteiger partial charge in [0.1, 0.15) is 5.82 Å². The Hall–Kier alpha value is -3.22. The lowest BCUT2D eigenvalue weighted by Gasteiger charge is -2.28. The maximum Gasteiger partial charge on any atom is 0.174 e. The lowest BCUT2D eigenvalue weighted by Crippen LogP contribution is -2.29. The van der Waals surface area contributed by atoms with E-state index >= 15 is 0 Å². The highest BCUT2D eigenvalue weighted by atomic mass is 35.5. The number of thiocarbonyl (C=S) groups is 1. The van der Waals surface area contributed by atoms with Gasteiger partial charge in [0.05, 0.1) is 28.5 Å². The van der Waals surface area contributed by atoms with Crippen LogP contribution in [0.25, 0.3) is 5.69 Å². The van der Waals surface area contributed by atoms with Gasteiger partial charge >= 0.3 is 0 Å².